The molecule has 1 N–H and O–H groups in total. The molecule has 4 heterocycles. The molecule has 2 saturated heterocycles. The molecule has 3 aromatic rings. The number of nitrogens with one attached hydrogen (secondary N) is 1. The van der Waals surface area contributed by atoms with Crippen LogP contribution in [0, 0.1) is 18.8 Å². The van der Waals surface area contributed by atoms with Crippen molar-refractivity contribution in [1.82, 2.24) is 15.2 Å². The van der Waals surface area contributed by atoms with E-state index in [0.717, 1.165) is 57.7 Å². The summed E-state index contributed by atoms with van der Waals surface area (Å²) in [6, 6.07) is 8.22. The number of pyridine rings is 1. The molecule has 3 atom stereocenters. The van der Waals surface area contributed by atoms with Gasteiger partial charge in [-0.25, -0.2) is 0 Å². The Bertz CT molecular complexity index is 1360. The van der Waals surface area contributed by atoms with E-state index < -0.39 is 0 Å². The third-order valence-corrected chi connectivity index (χ3v) is 9.01. The first-order valence-corrected chi connectivity index (χ1v) is 13.8. The fourth-order valence-electron chi connectivity index (χ4n) is 5.71. The molecule has 188 valence electrons. The molecule has 3 aliphatic rings. The highest BCUT2D eigenvalue weighted by Crippen LogP contribution is 2.47. The first-order chi connectivity index (χ1) is 17.2. The van der Waals surface area contributed by atoms with Crippen molar-refractivity contribution in [2.45, 2.75) is 51.7 Å². The van der Waals surface area contributed by atoms with E-state index >= 15 is 0 Å². The van der Waals surface area contributed by atoms with Gasteiger partial charge >= 0.3 is 0 Å². The number of aryl methyl sites for hydroxylation is 1. The second-order valence-corrected chi connectivity index (χ2v) is 12.5. The predicted octanol–water partition coefficient (Wildman–Crippen LogP) is 4.78. The summed E-state index contributed by atoms with van der Waals surface area (Å²) in [5.74, 6) is -0.0868. The summed E-state index contributed by atoms with van der Waals surface area (Å²) >= 11 is 8.24. The number of carbonyl (C=O) groups is 2. The van der Waals surface area contributed by atoms with Gasteiger partial charge in [0.15, 0.2) is 0 Å². The number of carbonyl (C=O) groups excluding carboxylic acids is 2. The number of imide groups is 1. The summed E-state index contributed by atoms with van der Waals surface area (Å²) in [7, 11) is 0. The zero-order chi connectivity index (χ0) is 25.2. The molecule has 2 aliphatic heterocycles. The number of ether oxygens (including phenoxy) is 1. The molecule has 1 aromatic carbocycles. The molecule has 36 heavy (non-hydrogen) atoms. The Kier molecular flexibility index (Phi) is 5.95. The Morgan fingerprint density at radius 1 is 1.19 bits per heavy atom. The van der Waals surface area contributed by atoms with Gasteiger partial charge in [-0.2, -0.15) is 0 Å². The quantitative estimate of drug-likeness (QED) is 0.471. The average Bonchev–Trinajstić information content (AvgIpc) is 3.45. The maximum absolute atomic E-state index is 12.4. The minimum absolute atomic E-state index is 0.00608. The highest BCUT2D eigenvalue weighted by atomic mass is 35.5. The van der Waals surface area contributed by atoms with Crippen LogP contribution in [0.1, 0.15) is 36.3 Å². The van der Waals surface area contributed by atoms with E-state index in [-0.39, 0.29) is 35.4 Å². The normalized spacial score (nSPS) is 25.0. The maximum atomic E-state index is 12.4. The second kappa shape index (κ2) is 8.91. The number of hydrogen-bond donors (Lipinski definition) is 1. The SMILES string of the molecule is Cc1cc(Cl)cc(-c2ccnc3cc(CCN4C(=O)C5CC5C4=O)sc23)c1C[C@@H]1CNCC(C)(C)O1. The first kappa shape index (κ1) is 24.0. The highest BCUT2D eigenvalue weighted by molar-refractivity contribution is 7.19. The van der Waals surface area contributed by atoms with Crippen LogP contribution in [0.5, 0.6) is 0 Å². The molecule has 2 aromatic heterocycles. The number of halogens is 1. The van der Waals surface area contributed by atoms with Crippen LogP contribution in [-0.2, 0) is 27.2 Å². The average molecular weight is 524 g/mol. The first-order valence-electron chi connectivity index (χ1n) is 12.6. The summed E-state index contributed by atoms with van der Waals surface area (Å²) in [4.78, 5) is 31.9. The van der Waals surface area contributed by atoms with Crippen LogP contribution in [0.4, 0.5) is 0 Å². The monoisotopic (exact) mass is 523 g/mol. The molecule has 6 nitrogen and oxygen atoms in total. The van der Waals surface area contributed by atoms with E-state index in [0.29, 0.717) is 18.0 Å². The van der Waals surface area contributed by atoms with Crippen molar-refractivity contribution in [3.63, 3.8) is 0 Å². The van der Waals surface area contributed by atoms with Crippen molar-refractivity contribution < 1.29 is 14.3 Å². The van der Waals surface area contributed by atoms with Crippen molar-refractivity contribution in [2.75, 3.05) is 19.6 Å². The van der Waals surface area contributed by atoms with Crippen LogP contribution in [0.15, 0.2) is 30.5 Å². The molecular weight excluding hydrogens is 494 g/mol. The smallest absolute Gasteiger partial charge is 0.233 e. The minimum Gasteiger partial charge on any atom is -0.369 e. The zero-order valence-corrected chi connectivity index (χ0v) is 22.3. The lowest BCUT2D eigenvalue weighted by atomic mass is 9.91. The lowest BCUT2D eigenvalue weighted by molar-refractivity contribution is -0.141. The standard InChI is InChI=1S/C28H30ClN3O3S/c1-15-8-16(29)9-21(20(15)10-17-13-30-14-28(2,3)35-17)19-4-6-31-24-11-18(36-25(19)24)5-7-32-26(33)22-12-23(22)27(32)34/h4,6,8-9,11,17,22-23,30H,5,7,10,12-14H2,1-3H3/t17-,22?,23?/m1/s1. The molecule has 1 saturated carbocycles. The van der Waals surface area contributed by atoms with Crippen molar-refractivity contribution in [3.05, 3.63) is 51.5 Å². The van der Waals surface area contributed by atoms with Crippen LogP contribution in [0.3, 0.4) is 0 Å². The van der Waals surface area contributed by atoms with Crippen LogP contribution in [-0.4, -0.2) is 53.0 Å². The molecule has 0 bridgehead atoms. The summed E-state index contributed by atoms with van der Waals surface area (Å²) < 4.78 is 7.49. The van der Waals surface area contributed by atoms with Gasteiger partial charge in [0.1, 0.15) is 0 Å². The summed E-state index contributed by atoms with van der Waals surface area (Å²) in [5, 5.41) is 4.22. The Morgan fingerprint density at radius 3 is 2.72 bits per heavy atom. The number of thiophene rings is 1. The number of piperidine rings is 1. The molecule has 2 unspecified atom stereocenters. The van der Waals surface area contributed by atoms with Gasteiger partial charge in [-0.1, -0.05) is 11.6 Å². The molecule has 0 radical (unpaired) electrons. The van der Waals surface area contributed by atoms with Crippen molar-refractivity contribution in [2.24, 2.45) is 11.8 Å². The van der Waals surface area contributed by atoms with Crippen LogP contribution in [0.2, 0.25) is 5.02 Å². The second-order valence-electron chi connectivity index (χ2n) is 10.9. The Hall–Kier alpha value is -2.32. The number of benzene rings is 1. The summed E-state index contributed by atoms with van der Waals surface area (Å²) in [5.41, 5.74) is 5.32. The number of nitrogens with zero attached hydrogens (tertiary/aromatic N) is 2. The molecule has 2 amide bonds. The molecule has 8 heteroatoms. The van der Waals surface area contributed by atoms with Gasteiger partial charge in [0, 0.05) is 54.1 Å². The molecular formula is C28H30ClN3O3S. The number of morpholine rings is 1. The number of amides is 2. The Balaban J connectivity index is 1.31. The van der Waals surface area contributed by atoms with E-state index in [4.69, 9.17) is 16.3 Å². The van der Waals surface area contributed by atoms with Crippen LogP contribution >= 0.6 is 22.9 Å². The fraction of sp³-hybridized carbons (Fsp3) is 0.464. The van der Waals surface area contributed by atoms with Crippen molar-refractivity contribution in [1.29, 1.82) is 0 Å². The van der Waals surface area contributed by atoms with Gasteiger partial charge in [-0.15, -0.1) is 11.3 Å². The van der Waals surface area contributed by atoms with E-state index in [2.05, 4.69) is 43.2 Å². The van der Waals surface area contributed by atoms with Gasteiger partial charge in [0.2, 0.25) is 11.8 Å². The van der Waals surface area contributed by atoms with E-state index in [1.54, 1.807) is 11.3 Å². The highest BCUT2D eigenvalue weighted by Gasteiger charge is 2.58. The van der Waals surface area contributed by atoms with E-state index in [9.17, 15) is 9.59 Å². The van der Waals surface area contributed by atoms with Crippen molar-refractivity contribution >= 4 is 45.0 Å². The number of likely N-dealkylation sites (tertiary alicyclic amines) is 1. The van der Waals surface area contributed by atoms with E-state index in [1.807, 2.05) is 18.3 Å². The molecule has 0 spiro atoms. The van der Waals surface area contributed by atoms with Gasteiger partial charge in [0.25, 0.3) is 0 Å². The summed E-state index contributed by atoms with van der Waals surface area (Å²) in [6.45, 7) is 8.45. The van der Waals surface area contributed by atoms with Crippen LogP contribution < -0.4 is 5.32 Å². The third-order valence-electron chi connectivity index (χ3n) is 7.57. The maximum Gasteiger partial charge on any atom is 0.233 e. The zero-order valence-electron chi connectivity index (χ0n) is 20.8. The van der Waals surface area contributed by atoms with Gasteiger partial charge in [-0.05, 0) is 68.1 Å². The Labute approximate surface area is 220 Å². The summed E-state index contributed by atoms with van der Waals surface area (Å²) in [6.07, 6.45) is 4.10. The number of aromatic nitrogens is 1. The lowest BCUT2D eigenvalue weighted by Gasteiger charge is -2.37. The van der Waals surface area contributed by atoms with Gasteiger partial charge < -0.3 is 10.1 Å². The van der Waals surface area contributed by atoms with Gasteiger partial charge in [-0.3, -0.25) is 19.5 Å². The Morgan fingerprint density at radius 2 is 1.97 bits per heavy atom. The number of hydrogen-bond acceptors (Lipinski definition) is 6. The largest absolute Gasteiger partial charge is 0.369 e. The predicted molar refractivity (Wildman–Crippen MR) is 142 cm³/mol. The van der Waals surface area contributed by atoms with Crippen LogP contribution in [0.25, 0.3) is 21.3 Å². The topological polar surface area (TPSA) is 71.5 Å². The number of rotatable bonds is 6. The fourth-order valence-corrected chi connectivity index (χ4v) is 7.11. The van der Waals surface area contributed by atoms with E-state index in [1.165, 1.54) is 10.5 Å². The molecule has 6 rings (SSSR count). The lowest BCUT2D eigenvalue weighted by Crippen LogP contribution is -2.51. The third kappa shape index (κ3) is 4.36. The number of fused-ring (bicyclic) bond motifs is 2. The van der Waals surface area contributed by atoms with Crippen molar-refractivity contribution in [3.8, 4) is 11.1 Å². The molecule has 3 fully saturated rings. The van der Waals surface area contributed by atoms with Gasteiger partial charge in [0.05, 0.1) is 33.8 Å². The minimum atomic E-state index is -0.200. The molecule has 1 aliphatic carbocycles.